The topological polar surface area (TPSA) is 93.0 Å². The van der Waals surface area contributed by atoms with Gasteiger partial charge in [-0.2, -0.15) is 0 Å². The van der Waals surface area contributed by atoms with Gasteiger partial charge in [0.1, 0.15) is 23.0 Å². The number of nitrogens with one attached hydrogen (secondary N) is 2. The van der Waals surface area contributed by atoms with Crippen molar-refractivity contribution in [2.45, 2.75) is 6.92 Å². The summed E-state index contributed by atoms with van der Waals surface area (Å²) in [6, 6.07) is 18.1. The number of rotatable bonds is 6. The second-order valence-corrected chi connectivity index (χ2v) is 8.80. The number of carbonyl (C=O) groups is 1. The molecule has 0 fully saturated rings. The Hall–Kier alpha value is -4.07. The van der Waals surface area contributed by atoms with Crippen LogP contribution in [0.4, 0.5) is 5.69 Å². The Morgan fingerprint density at radius 2 is 1.81 bits per heavy atom. The van der Waals surface area contributed by atoms with E-state index in [-0.39, 0.29) is 5.91 Å². The summed E-state index contributed by atoms with van der Waals surface area (Å²) in [5.74, 6) is 1.40. The normalized spacial score (nSPS) is 11.3. The third-order valence-electron chi connectivity index (χ3n) is 5.62. The van der Waals surface area contributed by atoms with E-state index >= 15 is 0 Å². The van der Waals surface area contributed by atoms with Crippen LogP contribution < -0.4 is 10.1 Å². The van der Waals surface area contributed by atoms with E-state index in [9.17, 15) is 4.79 Å². The molecule has 180 valence electrons. The Balaban J connectivity index is 1.43. The fourth-order valence-electron chi connectivity index (χ4n) is 3.74. The monoisotopic (exact) mass is 518 g/mol. The van der Waals surface area contributed by atoms with E-state index in [2.05, 4.69) is 20.4 Å². The Morgan fingerprint density at radius 3 is 2.58 bits per heavy atom. The first-order valence-electron chi connectivity index (χ1n) is 11.0. The maximum atomic E-state index is 13.4. The van der Waals surface area contributed by atoms with Crippen molar-refractivity contribution < 1.29 is 14.1 Å². The molecule has 7 nitrogen and oxygen atoms in total. The van der Waals surface area contributed by atoms with Crippen LogP contribution in [0.25, 0.3) is 34.6 Å². The third-order valence-corrected chi connectivity index (χ3v) is 6.34. The summed E-state index contributed by atoms with van der Waals surface area (Å²) < 4.78 is 10.6. The number of halogens is 2. The molecule has 0 unspecified atom stereocenters. The molecule has 0 saturated carbocycles. The lowest BCUT2D eigenvalue weighted by atomic mass is 10.1. The number of aryl methyl sites for hydroxylation is 1. The van der Waals surface area contributed by atoms with Crippen LogP contribution in [0.15, 0.2) is 65.2 Å². The standard InChI is InChI=1S/C27H20Cl2N4O3/c1-15-25(24(36-33-15)12-9-16-7-10-17(35-2)11-8-16)32-27(34)19-6-4-3-5-18(19)26-30-22-13-20(28)21(29)14-23(22)31-26/h3-14H,1-2H3,(H,30,31)(H,32,34)/b12-9+. The van der Waals surface area contributed by atoms with Crippen LogP contribution in [0.5, 0.6) is 5.75 Å². The minimum absolute atomic E-state index is 0.326. The highest BCUT2D eigenvalue weighted by molar-refractivity contribution is 6.42. The minimum atomic E-state index is -0.326. The number of ether oxygens (including phenoxy) is 1. The molecule has 0 saturated heterocycles. The molecule has 3 aromatic carbocycles. The first-order valence-corrected chi connectivity index (χ1v) is 11.7. The Kier molecular flexibility index (Phi) is 6.50. The molecule has 2 aromatic heterocycles. The Labute approximate surface area is 216 Å². The SMILES string of the molecule is COc1ccc(/C=C/c2onc(C)c2NC(=O)c2ccccc2-c2nc3cc(Cl)c(Cl)cc3[nH]2)cc1. The van der Waals surface area contributed by atoms with E-state index in [1.54, 1.807) is 44.4 Å². The lowest BCUT2D eigenvalue weighted by molar-refractivity contribution is 0.102. The van der Waals surface area contributed by atoms with E-state index in [1.807, 2.05) is 42.5 Å². The number of H-pyrrole nitrogens is 1. The quantitative estimate of drug-likeness (QED) is 0.246. The number of benzene rings is 3. The predicted molar refractivity (Wildman–Crippen MR) is 143 cm³/mol. The molecule has 0 aliphatic rings. The number of imidazole rings is 1. The van der Waals surface area contributed by atoms with Gasteiger partial charge in [0.2, 0.25) is 0 Å². The van der Waals surface area contributed by atoms with Crippen molar-refractivity contribution in [3.8, 4) is 17.1 Å². The van der Waals surface area contributed by atoms with Crippen LogP contribution in [0.3, 0.4) is 0 Å². The van der Waals surface area contributed by atoms with Gasteiger partial charge in [0, 0.05) is 5.56 Å². The molecule has 0 spiro atoms. The maximum absolute atomic E-state index is 13.4. The molecule has 2 N–H and O–H groups in total. The molecular weight excluding hydrogens is 499 g/mol. The lowest BCUT2D eigenvalue weighted by Gasteiger charge is -2.08. The van der Waals surface area contributed by atoms with Crippen LogP contribution in [-0.4, -0.2) is 28.1 Å². The molecule has 0 aliphatic heterocycles. The fourth-order valence-corrected chi connectivity index (χ4v) is 4.06. The van der Waals surface area contributed by atoms with Gasteiger partial charge in [0.15, 0.2) is 5.76 Å². The largest absolute Gasteiger partial charge is 0.497 e. The number of aromatic amines is 1. The number of hydrogen-bond donors (Lipinski definition) is 2. The summed E-state index contributed by atoms with van der Waals surface area (Å²) in [5, 5.41) is 7.79. The van der Waals surface area contributed by atoms with E-state index in [0.717, 1.165) is 16.8 Å². The van der Waals surface area contributed by atoms with Gasteiger partial charge >= 0.3 is 0 Å². The number of hydrogen-bond acceptors (Lipinski definition) is 5. The van der Waals surface area contributed by atoms with Gasteiger partial charge in [-0.25, -0.2) is 4.98 Å². The first kappa shape index (κ1) is 23.7. The first-order chi connectivity index (χ1) is 17.4. The molecule has 5 aromatic rings. The van der Waals surface area contributed by atoms with Gasteiger partial charge in [-0.3, -0.25) is 4.79 Å². The molecule has 0 radical (unpaired) electrons. The van der Waals surface area contributed by atoms with Crippen molar-refractivity contribution in [3.05, 3.63) is 93.3 Å². The van der Waals surface area contributed by atoms with Crippen LogP contribution in [0.1, 0.15) is 27.4 Å². The average Bonchev–Trinajstić information content (AvgIpc) is 3.46. The summed E-state index contributed by atoms with van der Waals surface area (Å²) in [6.45, 7) is 1.77. The molecule has 0 aliphatic carbocycles. The number of fused-ring (bicyclic) bond motifs is 1. The highest BCUT2D eigenvalue weighted by Crippen LogP contribution is 2.31. The highest BCUT2D eigenvalue weighted by Gasteiger charge is 2.19. The van der Waals surface area contributed by atoms with Crippen molar-refractivity contribution in [2.75, 3.05) is 12.4 Å². The molecule has 5 rings (SSSR count). The maximum Gasteiger partial charge on any atom is 0.256 e. The molecule has 1 amide bonds. The number of amides is 1. The summed E-state index contributed by atoms with van der Waals surface area (Å²) in [7, 11) is 1.62. The van der Waals surface area contributed by atoms with E-state index in [1.165, 1.54) is 0 Å². The van der Waals surface area contributed by atoms with E-state index in [4.69, 9.17) is 32.5 Å². The average molecular weight is 519 g/mol. The number of aromatic nitrogens is 3. The van der Waals surface area contributed by atoms with Gasteiger partial charge in [-0.05, 0) is 48.9 Å². The molecule has 9 heteroatoms. The van der Waals surface area contributed by atoms with Gasteiger partial charge in [0.25, 0.3) is 5.91 Å². The number of nitrogens with zero attached hydrogens (tertiary/aromatic N) is 2. The molecule has 0 atom stereocenters. The summed E-state index contributed by atoms with van der Waals surface area (Å²) in [5.41, 5.74) is 4.41. The van der Waals surface area contributed by atoms with Crippen molar-refractivity contribution in [2.24, 2.45) is 0 Å². The third kappa shape index (κ3) is 4.71. The molecular formula is C27H20Cl2N4O3. The van der Waals surface area contributed by atoms with Gasteiger partial charge < -0.3 is 19.6 Å². The summed E-state index contributed by atoms with van der Waals surface area (Å²) in [6.07, 6.45) is 3.63. The predicted octanol–water partition coefficient (Wildman–Crippen LogP) is 7.26. The molecule has 36 heavy (non-hydrogen) atoms. The van der Waals surface area contributed by atoms with Crippen LogP contribution in [0.2, 0.25) is 10.0 Å². The number of anilines is 1. The van der Waals surface area contributed by atoms with Gasteiger partial charge in [0.05, 0.1) is 33.8 Å². The zero-order valence-electron chi connectivity index (χ0n) is 19.3. The van der Waals surface area contributed by atoms with Gasteiger partial charge in [-0.1, -0.05) is 64.8 Å². The zero-order chi connectivity index (χ0) is 25.2. The van der Waals surface area contributed by atoms with Crippen LogP contribution in [0, 0.1) is 6.92 Å². The van der Waals surface area contributed by atoms with Crippen LogP contribution >= 0.6 is 23.2 Å². The van der Waals surface area contributed by atoms with Crippen molar-refractivity contribution >= 4 is 58.0 Å². The van der Waals surface area contributed by atoms with Gasteiger partial charge in [-0.15, -0.1) is 0 Å². The second-order valence-electron chi connectivity index (χ2n) is 7.98. The van der Waals surface area contributed by atoms with Crippen molar-refractivity contribution in [1.29, 1.82) is 0 Å². The Bertz CT molecular complexity index is 1560. The second kappa shape index (κ2) is 9.89. The zero-order valence-corrected chi connectivity index (χ0v) is 20.8. The molecule has 0 bridgehead atoms. The highest BCUT2D eigenvalue weighted by atomic mass is 35.5. The summed E-state index contributed by atoms with van der Waals surface area (Å²) >= 11 is 12.3. The lowest BCUT2D eigenvalue weighted by Crippen LogP contribution is -2.14. The number of methoxy groups -OCH3 is 1. The van der Waals surface area contributed by atoms with E-state index in [0.29, 0.717) is 49.7 Å². The van der Waals surface area contributed by atoms with Crippen LogP contribution in [-0.2, 0) is 0 Å². The Morgan fingerprint density at radius 1 is 1.06 bits per heavy atom. The van der Waals surface area contributed by atoms with Crippen molar-refractivity contribution in [1.82, 2.24) is 15.1 Å². The smallest absolute Gasteiger partial charge is 0.256 e. The fraction of sp³-hybridized carbons (Fsp3) is 0.0741. The van der Waals surface area contributed by atoms with Crippen molar-refractivity contribution in [3.63, 3.8) is 0 Å². The minimum Gasteiger partial charge on any atom is -0.497 e. The van der Waals surface area contributed by atoms with E-state index < -0.39 is 0 Å². The number of carbonyl (C=O) groups excluding carboxylic acids is 1. The summed E-state index contributed by atoms with van der Waals surface area (Å²) in [4.78, 5) is 21.2. The molecule has 2 heterocycles.